The predicted molar refractivity (Wildman–Crippen MR) is 158 cm³/mol. The summed E-state index contributed by atoms with van der Waals surface area (Å²) < 4.78 is 22.6. The average Bonchev–Trinajstić information content (AvgIpc) is 2.84. The summed E-state index contributed by atoms with van der Waals surface area (Å²) in [6.45, 7) is 1.16. The highest BCUT2D eigenvalue weighted by molar-refractivity contribution is 7.47. The highest BCUT2D eigenvalue weighted by atomic mass is 31.2. The Kier molecular flexibility index (Phi) is 19.6. The van der Waals surface area contributed by atoms with Crippen molar-refractivity contribution in [3.8, 4) is 0 Å². The normalized spacial score (nSPS) is 13.5. The molecule has 0 aromatic heterocycles. The fraction of sp³-hybridized carbons (Fsp3) is 0.793. The molecule has 3 N–H and O–H groups in total. The number of unbranched alkanes of at least 4 members (excludes halogenated alkanes) is 15. The van der Waals surface area contributed by atoms with Crippen molar-refractivity contribution in [3.63, 3.8) is 0 Å². The molecule has 0 aliphatic rings. The maximum atomic E-state index is 11.8. The van der Waals surface area contributed by atoms with Crippen molar-refractivity contribution in [2.24, 2.45) is 0 Å². The largest absolute Gasteiger partial charge is 0.488 e. The molecular weight excluding hydrogens is 500 g/mol. The summed E-state index contributed by atoms with van der Waals surface area (Å²) in [4.78, 5) is 9.69. The third-order valence-electron chi connectivity index (χ3n) is 6.91. The van der Waals surface area contributed by atoms with Crippen LogP contribution in [0.15, 0.2) is 24.3 Å². The summed E-state index contributed by atoms with van der Waals surface area (Å²) in [6.07, 6.45) is 21.1. The van der Waals surface area contributed by atoms with Gasteiger partial charge in [0.2, 0.25) is 0 Å². The molecule has 1 atom stereocenters. The SMILES string of the molecule is C[N+](C)(C)CCOP(=O)(O)OCCCCCCCCCCCCCCCCCCc1ccc(B(O)O)cc1. The van der Waals surface area contributed by atoms with E-state index >= 15 is 0 Å². The molecule has 1 unspecified atom stereocenters. The number of quaternary nitrogens is 1. The Hall–Kier alpha value is -0.725. The summed E-state index contributed by atoms with van der Waals surface area (Å²) >= 11 is 0. The van der Waals surface area contributed by atoms with Crippen molar-refractivity contribution in [3.05, 3.63) is 29.8 Å². The van der Waals surface area contributed by atoms with Crippen molar-refractivity contribution in [1.82, 2.24) is 0 Å². The van der Waals surface area contributed by atoms with Crippen LogP contribution < -0.4 is 5.46 Å². The monoisotopic (exact) mass is 556 g/mol. The topological polar surface area (TPSA) is 96.2 Å². The zero-order valence-corrected chi connectivity index (χ0v) is 25.4. The molecule has 0 aliphatic carbocycles. The number of aryl methyl sites for hydroxylation is 1. The molecule has 0 spiro atoms. The van der Waals surface area contributed by atoms with E-state index in [4.69, 9.17) is 19.1 Å². The van der Waals surface area contributed by atoms with Gasteiger partial charge in [-0.2, -0.15) is 0 Å². The van der Waals surface area contributed by atoms with E-state index < -0.39 is 14.9 Å². The third kappa shape index (κ3) is 21.1. The summed E-state index contributed by atoms with van der Waals surface area (Å²) in [5.41, 5.74) is 1.83. The minimum Gasteiger partial charge on any atom is -0.423 e. The van der Waals surface area contributed by atoms with E-state index in [1.165, 1.54) is 89.0 Å². The van der Waals surface area contributed by atoms with Gasteiger partial charge in [-0.1, -0.05) is 114 Å². The molecule has 1 aromatic carbocycles. The van der Waals surface area contributed by atoms with Crippen LogP contribution in [0.5, 0.6) is 0 Å². The van der Waals surface area contributed by atoms with Gasteiger partial charge in [-0.15, -0.1) is 0 Å². The number of rotatable bonds is 25. The molecule has 0 fully saturated rings. The number of phosphoric ester groups is 1. The van der Waals surface area contributed by atoms with Crippen LogP contribution in [0.4, 0.5) is 0 Å². The van der Waals surface area contributed by atoms with Gasteiger partial charge in [-0.05, 0) is 30.3 Å². The van der Waals surface area contributed by atoms with E-state index in [2.05, 4.69) is 0 Å². The van der Waals surface area contributed by atoms with Crippen LogP contribution >= 0.6 is 7.82 Å². The molecule has 0 aliphatic heterocycles. The molecule has 1 rings (SSSR count). The zero-order valence-electron chi connectivity index (χ0n) is 24.5. The molecule has 0 saturated carbocycles. The van der Waals surface area contributed by atoms with Crippen LogP contribution in [-0.4, -0.2) is 67.4 Å². The van der Waals surface area contributed by atoms with Gasteiger partial charge in [0.25, 0.3) is 0 Å². The third-order valence-corrected chi connectivity index (χ3v) is 7.93. The fourth-order valence-electron chi connectivity index (χ4n) is 4.41. The standard InChI is InChI=1S/C29H55BNO6P/c1-31(2,3)25-27-37-38(34,35)36-26-19-17-15-13-11-9-7-5-4-6-8-10-12-14-16-18-20-28-21-23-29(24-22-28)30(32)33/h21-24,32-33H,4-20,25-27H2,1-3H3/p+1. The number of likely N-dealkylation sites (N-methyl/N-ethyl adjacent to an activating group) is 1. The van der Waals surface area contributed by atoms with Crippen LogP contribution in [0.3, 0.4) is 0 Å². The average molecular weight is 557 g/mol. The second kappa shape index (κ2) is 21.1. The fourth-order valence-corrected chi connectivity index (χ4v) is 5.16. The molecule has 38 heavy (non-hydrogen) atoms. The maximum absolute atomic E-state index is 11.8. The molecule has 7 nitrogen and oxygen atoms in total. The Balaban J connectivity index is 1.79. The summed E-state index contributed by atoms with van der Waals surface area (Å²) in [5, 5.41) is 18.3. The number of benzene rings is 1. The van der Waals surface area contributed by atoms with Gasteiger partial charge in [-0.25, -0.2) is 4.57 Å². The van der Waals surface area contributed by atoms with Gasteiger partial charge in [-0.3, -0.25) is 9.05 Å². The van der Waals surface area contributed by atoms with Crippen LogP contribution in [0, 0.1) is 0 Å². The first kappa shape index (κ1) is 35.3. The highest BCUT2D eigenvalue weighted by Gasteiger charge is 2.22. The van der Waals surface area contributed by atoms with Crippen LogP contribution in [0.2, 0.25) is 0 Å². The van der Waals surface area contributed by atoms with Crippen LogP contribution in [0.1, 0.15) is 108 Å². The molecule has 9 heteroatoms. The smallest absolute Gasteiger partial charge is 0.423 e. The Morgan fingerprint density at radius 3 is 1.47 bits per heavy atom. The van der Waals surface area contributed by atoms with E-state index in [1.54, 1.807) is 12.1 Å². The number of hydrogen-bond acceptors (Lipinski definition) is 5. The predicted octanol–water partition coefficient (Wildman–Crippen LogP) is 5.99. The summed E-state index contributed by atoms with van der Waals surface area (Å²) in [5.74, 6) is 0. The van der Waals surface area contributed by atoms with Gasteiger partial charge in [0.15, 0.2) is 0 Å². The van der Waals surface area contributed by atoms with Gasteiger partial charge >= 0.3 is 14.9 Å². The molecule has 0 amide bonds. The lowest BCUT2D eigenvalue weighted by Crippen LogP contribution is -2.37. The van der Waals surface area contributed by atoms with Gasteiger partial charge in [0.05, 0.1) is 27.7 Å². The van der Waals surface area contributed by atoms with Crippen LogP contribution in [0.25, 0.3) is 0 Å². The quantitative estimate of drug-likeness (QED) is 0.0593. The molecule has 0 heterocycles. The van der Waals surface area contributed by atoms with Crippen molar-refractivity contribution >= 4 is 20.4 Å². The lowest BCUT2D eigenvalue weighted by atomic mass is 9.80. The Morgan fingerprint density at radius 2 is 1.05 bits per heavy atom. The first-order valence-corrected chi connectivity index (χ1v) is 16.5. The molecular formula is C29H56BNO6P+. The van der Waals surface area contributed by atoms with E-state index in [0.29, 0.717) is 16.5 Å². The summed E-state index contributed by atoms with van der Waals surface area (Å²) in [7, 11) is 0.751. The van der Waals surface area contributed by atoms with Gasteiger partial charge in [0.1, 0.15) is 13.2 Å². The molecule has 0 saturated heterocycles. The minimum atomic E-state index is -3.91. The van der Waals surface area contributed by atoms with E-state index in [-0.39, 0.29) is 13.2 Å². The van der Waals surface area contributed by atoms with E-state index in [0.717, 1.165) is 25.7 Å². The second-order valence-corrected chi connectivity index (χ2v) is 13.1. The molecule has 1 aromatic rings. The van der Waals surface area contributed by atoms with E-state index in [1.807, 2.05) is 33.3 Å². The van der Waals surface area contributed by atoms with E-state index in [9.17, 15) is 9.46 Å². The number of nitrogens with zero attached hydrogens (tertiary/aromatic N) is 1. The Morgan fingerprint density at radius 1 is 0.658 bits per heavy atom. The molecule has 0 radical (unpaired) electrons. The highest BCUT2D eigenvalue weighted by Crippen LogP contribution is 2.43. The minimum absolute atomic E-state index is 0.218. The molecule has 0 bridgehead atoms. The second-order valence-electron chi connectivity index (χ2n) is 11.7. The number of hydrogen-bond donors (Lipinski definition) is 3. The van der Waals surface area contributed by atoms with Crippen molar-refractivity contribution in [2.45, 2.75) is 109 Å². The van der Waals surface area contributed by atoms with Crippen molar-refractivity contribution in [1.29, 1.82) is 0 Å². The Labute approximate surface area is 233 Å². The maximum Gasteiger partial charge on any atom is 0.488 e. The lowest BCUT2D eigenvalue weighted by molar-refractivity contribution is -0.870. The van der Waals surface area contributed by atoms with Gasteiger partial charge in [0, 0.05) is 0 Å². The van der Waals surface area contributed by atoms with Crippen molar-refractivity contribution < 1.29 is 33.0 Å². The van der Waals surface area contributed by atoms with Crippen LogP contribution in [-0.2, 0) is 20.0 Å². The first-order valence-electron chi connectivity index (χ1n) is 15.0. The number of phosphoric acid groups is 1. The summed E-state index contributed by atoms with van der Waals surface area (Å²) in [6, 6.07) is 7.59. The van der Waals surface area contributed by atoms with Crippen molar-refractivity contribution in [2.75, 3.05) is 40.9 Å². The van der Waals surface area contributed by atoms with Gasteiger partial charge < -0.3 is 19.4 Å². The molecule has 220 valence electrons. The first-order chi connectivity index (χ1) is 18.1. The Bertz CT molecular complexity index is 742. The lowest BCUT2D eigenvalue weighted by Gasteiger charge is -2.24. The zero-order chi connectivity index (χ0) is 28.1.